The van der Waals surface area contributed by atoms with Gasteiger partial charge in [-0.05, 0) is 48.8 Å². The van der Waals surface area contributed by atoms with Gasteiger partial charge in [-0.15, -0.1) is 0 Å². The Kier molecular flexibility index (Phi) is 4.86. The van der Waals surface area contributed by atoms with Gasteiger partial charge in [0.05, 0.1) is 4.90 Å². The van der Waals surface area contributed by atoms with Gasteiger partial charge in [0.2, 0.25) is 10.0 Å². The topological polar surface area (TPSA) is 37.4 Å². The molecule has 2 atom stereocenters. The van der Waals surface area contributed by atoms with Crippen molar-refractivity contribution in [2.45, 2.75) is 50.8 Å². The van der Waals surface area contributed by atoms with Crippen LogP contribution in [0.4, 0.5) is 0 Å². The molecule has 2 rings (SSSR count). The Balaban J connectivity index is 2.21. The van der Waals surface area contributed by atoms with Crippen molar-refractivity contribution in [2.75, 3.05) is 13.1 Å². The van der Waals surface area contributed by atoms with Gasteiger partial charge in [-0.2, -0.15) is 4.31 Å². The first-order valence-electron chi connectivity index (χ1n) is 7.55. The van der Waals surface area contributed by atoms with E-state index in [1.807, 2.05) is 12.1 Å². The summed E-state index contributed by atoms with van der Waals surface area (Å²) in [4.78, 5) is 0.429. The monoisotopic (exact) mass is 295 g/mol. The van der Waals surface area contributed by atoms with Gasteiger partial charge in [-0.1, -0.05) is 32.9 Å². The maximum absolute atomic E-state index is 12.6. The molecule has 1 aliphatic heterocycles. The second kappa shape index (κ2) is 6.27. The molecule has 1 aromatic rings. The van der Waals surface area contributed by atoms with E-state index in [4.69, 9.17) is 0 Å². The minimum absolute atomic E-state index is 0.429. The van der Waals surface area contributed by atoms with Crippen molar-refractivity contribution in [2.24, 2.45) is 5.92 Å². The van der Waals surface area contributed by atoms with Gasteiger partial charge < -0.3 is 0 Å². The third-order valence-corrected chi connectivity index (χ3v) is 6.20. The highest BCUT2D eigenvalue weighted by molar-refractivity contribution is 7.89. The van der Waals surface area contributed by atoms with Crippen LogP contribution in [0.15, 0.2) is 29.2 Å². The highest BCUT2D eigenvalue weighted by atomic mass is 32.2. The minimum atomic E-state index is -3.31. The zero-order valence-electron chi connectivity index (χ0n) is 12.7. The Hall–Kier alpha value is -0.870. The summed E-state index contributed by atoms with van der Waals surface area (Å²) in [6, 6.07) is 7.43. The van der Waals surface area contributed by atoms with Crippen molar-refractivity contribution >= 4 is 10.0 Å². The van der Waals surface area contributed by atoms with E-state index in [0.717, 1.165) is 19.3 Å². The van der Waals surface area contributed by atoms with Gasteiger partial charge >= 0.3 is 0 Å². The van der Waals surface area contributed by atoms with E-state index in [2.05, 4.69) is 20.8 Å². The van der Waals surface area contributed by atoms with E-state index in [0.29, 0.717) is 29.8 Å². The van der Waals surface area contributed by atoms with Crippen LogP contribution in [0.3, 0.4) is 0 Å². The number of rotatable bonds is 4. The Labute approximate surface area is 123 Å². The summed E-state index contributed by atoms with van der Waals surface area (Å²) in [6.45, 7) is 7.73. The maximum atomic E-state index is 12.6. The first kappa shape index (κ1) is 15.5. The Morgan fingerprint density at radius 3 is 2.50 bits per heavy atom. The van der Waals surface area contributed by atoms with Gasteiger partial charge in [-0.25, -0.2) is 8.42 Å². The lowest BCUT2D eigenvalue weighted by Crippen LogP contribution is -2.39. The van der Waals surface area contributed by atoms with Crippen molar-refractivity contribution < 1.29 is 8.42 Å². The number of hydrogen-bond acceptors (Lipinski definition) is 2. The summed E-state index contributed by atoms with van der Waals surface area (Å²) < 4.78 is 26.9. The predicted molar refractivity (Wildman–Crippen MR) is 82.3 cm³/mol. The van der Waals surface area contributed by atoms with Gasteiger partial charge in [0.25, 0.3) is 0 Å². The summed E-state index contributed by atoms with van der Waals surface area (Å²) in [7, 11) is -3.31. The lowest BCUT2D eigenvalue weighted by molar-refractivity contribution is 0.281. The van der Waals surface area contributed by atoms with Crippen molar-refractivity contribution in [1.29, 1.82) is 0 Å². The molecule has 1 aliphatic rings. The molecule has 0 radical (unpaired) electrons. The van der Waals surface area contributed by atoms with Crippen LogP contribution in [0.2, 0.25) is 0 Å². The summed E-state index contributed by atoms with van der Waals surface area (Å²) in [5, 5.41) is 0. The quantitative estimate of drug-likeness (QED) is 0.850. The molecular weight excluding hydrogens is 270 g/mol. The van der Waals surface area contributed by atoms with Gasteiger partial charge in [-0.3, -0.25) is 0 Å². The Morgan fingerprint density at radius 2 is 1.95 bits per heavy atom. The lowest BCUT2D eigenvalue weighted by atomic mass is 9.99. The summed E-state index contributed by atoms with van der Waals surface area (Å²) in [5.74, 6) is 0.930. The van der Waals surface area contributed by atoms with Gasteiger partial charge in [0.15, 0.2) is 0 Å². The van der Waals surface area contributed by atoms with Crippen molar-refractivity contribution in [1.82, 2.24) is 4.31 Å². The second-order valence-corrected chi connectivity index (χ2v) is 7.93. The zero-order chi connectivity index (χ0) is 14.8. The van der Waals surface area contributed by atoms with E-state index < -0.39 is 10.0 Å². The average molecular weight is 295 g/mol. The van der Waals surface area contributed by atoms with Crippen LogP contribution in [-0.4, -0.2) is 25.8 Å². The number of nitrogens with zero attached hydrogens (tertiary/aromatic N) is 1. The molecule has 0 bridgehead atoms. The lowest BCUT2D eigenvalue weighted by Gasteiger charge is -2.30. The minimum Gasteiger partial charge on any atom is -0.207 e. The number of sulfonamides is 1. The SMILES string of the molecule is CCC(C)c1ccc(S(=O)(=O)N2CCCC(C)C2)cc1. The summed E-state index contributed by atoms with van der Waals surface area (Å²) >= 11 is 0. The standard InChI is InChI=1S/C16H25NO2S/c1-4-14(3)15-7-9-16(10-8-15)20(18,19)17-11-5-6-13(2)12-17/h7-10,13-14H,4-6,11-12H2,1-3H3. The molecule has 0 saturated carbocycles. The average Bonchev–Trinajstić information content (AvgIpc) is 2.46. The van der Waals surface area contributed by atoms with Crippen LogP contribution in [-0.2, 0) is 10.0 Å². The highest BCUT2D eigenvalue weighted by Gasteiger charge is 2.28. The molecule has 1 fully saturated rings. The van der Waals surface area contributed by atoms with E-state index in [9.17, 15) is 8.42 Å². The molecule has 1 heterocycles. The van der Waals surface area contributed by atoms with E-state index in [-0.39, 0.29) is 0 Å². The molecule has 1 aromatic carbocycles. The van der Waals surface area contributed by atoms with E-state index >= 15 is 0 Å². The fourth-order valence-corrected chi connectivity index (χ4v) is 4.32. The normalized spacial score (nSPS) is 22.6. The first-order valence-corrected chi connectivity index (χ1v) is 8.99. The third kappa shape index (κ3) is 3.23. The molecule has 0 aromatic heterocycles. The summed E-state index contributed by atoms with van der Waals surface area (Å²) in [6.07, 6.45) is 3.15. The largest absolute Gasteiger partial charge is 0.243 e. The van der Waals surface area contributed by atoms with Crippen LogP contribution in [0, 0.1) is 5.92 Å². The number of piperidine rings is 1. The van der Waals surface area contributed by atoms with Gasteiger partial charge in [0, 0.05) is 13.1 Å². The highest BCUT2D eigenvalue weighted by Crippen LogP contribution is 2.25. The molecule has 4 heteroatoms. The summed E-state index contributed by atoms with van der Waals surface area (Å²) in [5.41, 5.74) is 1.21. The molecule has 1 saturated heterocycles. The molecule has 3 nitrogen and oxygen atoms in total. The van der Waals surface area contributed by atoms with E-state index in [1.165, 1.54) is 5.56 Å². The molecule has 0 N–H and O–H groups in total. The van der Waals surface area contributed by atoms with Gasteiger partial charge in [0.1, 0.15) is 0 Å². The molecule has 20 heavy (non-hydrogen) atoms. The Morgan fingerprint density at radius 1 is 1.30 bits per heavy atom. The van der Waals surface area contributed by atoms with Crippen molar-refractivity contribution in [3.8, 4) is 0 Å². The van der Waals surface area contributed by atoms with Crippen LogP contribution >= 0.6 is 0 Å². The number of benzene rings is 1. The smallest absolute Gasteiger partial charge is 0.207 e. The maximum Gasteiger partial charge on any atom is 0.243 e. The first-order chi connectivity index (χ1) is 9.45. The van der Waals surface area contributed by atoms with Crippen LogP contribution < -0.4 is 0 Å². The third-order valence-electron chi connectivity index (χ3n) is 4.32. The second-order valence-electron chi connectivity index (χ2n) is 5.99. The predicted octanol–water partition coefficient (Wildman–Crippen LogP) is 3.62. The van der Waals surface area contributed by atoms with Crippen molar-refractivity contribution in [3.05, 3.63) is 29.8 Å². The van der Waals surface area contributed by atoms with E-state index in [1.54, 1.807) is 16.4 Å². The molecule has 112 valence electrons. The van der Waals surface area contributed by atoms with Crippen molar-refractivity contribution in [3.63, 3.8) is 0 Å². The fourth-order valence-electron chi connectivity index (χ4n) is 2.72. The Bertz CT molecular complexity index is 536. The molecule has 0 spiro atoms. The van der Waals surface area contributed by atoms with Crippen LogP contribution in [0.1, 0.15) is 51.5 Å². The molecule has 2 unspecified atom stereocenters. The zero-order valence-corrected chi connectivity index (χ0v) is 13.5. The molecule has 0 amide bonds. The van der Waals surface area contributed by atoms with Crippen LogP contribution in [0.25, 0.3) is 0 Å². The van der Waals surface area contributed by atoms with Crippen LogP contribution in [0.5, 0.6) is 0 Å². The number of hydrogen-bond donors (Lipinski definition) is 0. The molecular formula is C16H25NO2S. The molecule has 0 aliphatic carbocycles. The fraction of sp³-hybridized carbons (Fsp3) is 0.625.